The molecule has 0 aromatic carbocycles. The van der Waals surface area contributed by atoms with E-state index in [0.29, 0.717) is 12.6 Å². The average Bonchev–Trinajstić information content (AvgIpc) is 2.35. The minimum absolute atomic E-state index is 0. The number of amides is 1. The number of carbonyl (C=O) groups is 1. The van der Waals surface area contributed by atoms with Gasteiger partial charge in [0.05, 0.1) is 20.1 Å². The predicted octanol–water partition coefficient (Wildman–Crippen LogP) is -3.29. The Hall–Kier alpha value is 0.160. The molecular weight excluding hydrogens is 255 g/mol. The molecule has 1 amide bonds. The molecule has 3 nitrogen and oxygen atoms in total. The molecule has 0 aliphatic heterocycles. The Bertz CT molecular complexity index is 155. The molecular formula is C7H15IN2O. The van der Waals surface area contributed by atoms with Gasteiger partial charge in [-0.05, 0) is 0 Å². The Kier molecular flexibility index (Phi) is 3.76. The summed E-state index contributed by atoms with van der Waals surface area (Å²) < 4.78 is 0.773. The summed E-state index contributed by atoms with van der Waals surface area (Å²) in [4.78, 5) is 10.6. The summed E-state index contributed by atoms with van der Waals surface area (Å²) in [5.74, 6) is -0.197. The van der Waals surface area contributed by atoms with E-state index in [9.17, 15) is 4.79 Å². The number of nitrogens with two attached hydrogens (primary N) is 1. The van der Waals surface area contributed by atoms with Crippen LogP contribution in [-0.4, -0.2) is 37.1 Å². The van der Waals surface area contributed by atoms with Gasteiger partial charge < -0.3 is 34.2 Å². The first-order valence-electron chi connectivity index (χ1n) is 3.63. The second-order valence-corrected chi connectivity index (χ2v) is 3.63. The first-order valence-corrected chi connectivity index (χ1v) is 3.63. The molecule has 0 aromatic heterocycles. The van der Waals surface area contributed by atoms with Crippen LogP contribution in [0.4, 0.5) is 0 Å². The minimum Gasteiger partial charge on any atom is -1.00 e. The van der Waals surface area contributed by atoms with Gasteiger partial charge in [-0.15, -0.1) is 0 Å². The zero-order valence-corrected chi connectivity index (χ0v) is 9.17. The number of rotatable bonds is 3. The zero-order valence-electron chi connectivity index (χ0n) is 7.01. The van der Waals surface area contributed by atoms with Crippen molar-refractivity contribution in [2.75, 3.05) is 20.6 Å². The van der Waals surface area contributed by atoms with E-state index in [4.69, 9.17) is 5.73 Å². The molecule has 1 aliphatic carbocycles. The third-order valence-electron chi connectivity index (χ3n) is 2.10. The van der Waals surface area contributed by atoms with Crippen LogP contribution in [0.25, 0.3) is 0 Å². The van der Waals surface area contributed by atoms with Gasteiger partial charge in [0, 0.05) is 12.8 Å². The van der Waals surface area contributed by atoms with E-state index < -0.39 is 0 Å². The second kappa shape index (κ2) is 3.71. The number of halogens is 1. The van der Waals surface area contributed by atoms with Crippen LogP contribution < -0.4 is 29.7 Å². The number of likely N-dealkylation sites (N-methyl/N-ethyl adjacent to an activating group) is 1. The van der Waals surface area contributed by atoms with Crippen molar-refractivity contribution in [1.29, 1.82) is 0 Å². The largest absolute Gasteiger partial charge is 1.00 e. The third kappa shape index (κ3) is 3.37. The van der Waals surface area contributed by atoms with Gasteiger partial charge in [0.1, 0.15) is 0 Å². The van der Waals surface area contributed by atoms with Crippen molar-refractivity contribution < 1.29 is 33.3 Å². The molecule has 1 rings (SSSR count). The van der Waals surface area contributed by atoms with Crippen molar-refractivity contribution in [2.45, 2.75) is 18.9 Å². The van der Waals surface area contributed by atoms with E-state index in [1.807, 2.05) is 0 Å². The topological polar surface area (TPSA) is 43.1 Å². The maximum absolute atomic E-state index is 10.6. The third-order valence-corrected chi connectivity index (χ3v) is 2.10. The quantitative estimate of drug-likeness (QED) is 0.424. The summed E-state index contributed by atoms with van der Waals surface area (Å²) in [6.45, 7) is 0.477. The molecule has 0 heterocycles. The fourth-order valence-corrected chi connectivity index (χ4v) is 1.30. The molecule has 0 spiro atoms. The number of nitrogens with zero attached hydrogens (tertiary/aromatic N) is 1. The minimum atomic E-state index is -0.197. The van der Waals surface area contributed by atoms with Crippen molar-refractivity contribution in [2.24, 2.45) is 5.73 Å². The SMILES string of the molecule is C[N+](C)(CC(N)=O)C1CC1.[I-]. The number of primary amides is 1. The molecule has 4 heteroatoms. The number of hydrogen-bond acceptors (Lipinski definition) is 1. The summed E-state index contributed by atoms with van der Waals surface area (Å²) >= 11 is 0. The number of carbonyl (C=O) groups excluding carboxylic acids is 1. The van der Waals surface area contributed by atoms with Gasteiger partial charge >= 0.3 is 0 Å². The van der Waals surface area contributed by atoms with Crippen LogP contribution in [0.15, 0.2) is 0 Å². The Balaban J connectivity index is 0.000001000. The average molecular weight is 270 g/mol. The molecule has 0 aromatic rings. The summed E-state index contributed by atoms with van der Waals surface area (Å²) in [7, 11) is 4.12. The molecule has 1 saturated carbocycles. The summed E-state index contributed by atoms with van der Waals surface area (Å²) in [6, 6.07) is 0.687. The first-order chi connectivity index (χ1) is 4.52. The fraction of sp³-hybridized carbons (Fsp3) is 0.857. The predicted molar refractivity (Wildman–Crippen MR) is 39.2 cm³/mol. The van der Waals surface area contributed by atoms with Crippen molar-refractivity contribution >= 4 is 5.91 Å². The van der Waals surface area contributed by atoms with Crippen LogP contribution in [0.5, 0.6) is 0 Å². The fourth-order valence-electron chi connectivity index (χ4n) is 1.30. The lowest BCUT2D eigenvalue weighted by Crippen LogP contribution is -3.00. The summed E-state index contributed by atoms with van der Waals surface area (Å²) in [5, 5.41) is 0. The Morgan fingerprint density at radius 1 is 1.55 bits per heavy atom. The van der Waals surface area contributed by atoms with Gasteiger partial charge in [0.25, 0.3) is 5.91 Å². The highest BCUT2D eigenvalue weighted by Crippen LogP contribution is 2.29. The van der Waals surface area contributed by atoms with Crippen LogP contribution in [0, 0.1) is 0 Å². The first kappa shape index (κ1) is 11.2. The van der Waals surface area contributed by atoms with Gasteiger partial charge in [-0.3, -0.25) is 4.79 Å². The molecule has 0 bridgehead atoms. The zero-order chi connectivity index (χ0) is 7.78. The van der Waals surface area contributed by atoms with Gasteiger partial charge in [0.2, 0.25) is 0 Å². The van der Waals surface area contributed by atoms with Crippen LogP contribution in [0.3, 0.4) is 0 Å². The molecule has 66 valence electrons. The smallest absolute Gasteiger partial charge is 0.272 e. The lowest BCUT2D eigenvalue weighted by Gasteiger charge is -2.27. The van der Waals surface area contributed by atoms with Gasteiger partial charge in [-0.25, -0.2) is 0 Å². The molecule has 11 heavy (non-hydrogen) atoms. The Labute approximate surface area is 84.5 Å². The van der Waals surface area contributed by atoms with E-state index in [1.54, 1.807) is 0 Å². The summed E-state index contributed by atoms with van der Waals surface area (Å²) in [5.41, 5.74) is 5.09. The molecule has 1 fully saturated rings. The van der Waals surface area contributed by atoms with Crippen molar-refractivity contribution in [3.8, 4) is 0 Å². The number of quaternary nitrogens is 1. The maximum Gasteiger partial charge on any atom is 0.272 e. The molecule has 2 N–H and O–H groups in total. The standard InChI is InChI=1S/C7H14N2O.HI/c1-9(2,5-7(8)10)6-3-4-6;/h6H,3-5H2,1-2H3,(H-,8,10);1H. The van der Waals surface area contributed by atoms with Crippen LogP contribution >= 0.6 is 0 Å². The van der Waals surface area contributed by atoms with E-state index in [1.165, 1.54) is 12.8 Å². The van der Waals surface area contributed by atoms with E-state index >= 15 is 0 Å². The lowest BCUT2D eigenvalue weighted by molar-refractivity contribution is -0.893. The molecule has 1 aliphatic rings. The van der Waals surface area contributed by atoms with Gasteiger partial charge in [0.15, 0.2) is 6.54 Å². The van der Waals surface area contributed by atoms with E-state index in [0.717, 1.165) is 4.48 Å². The summed E-state index contributed by atoms with van der Waals surface area (Å²) in [6.07, 6.45) is 2.50. The number of hydrogen-bond donors (Lipinski definition) is 1. The molecule has 0 atom stereocenters. The maximum atomic E-state index is 10.6. The molecule has 0 saturated heterocycles. The Morgan fingerprint density at radius 2 is 2.00 bits per heavy atom. The van der Waals surface area contributed by atoms with Crippen molar-refractivity contribution in [3.05, 3.63) is 0 Å². The second-order valence-electron chi connectivity index (χ2n) is 3.63. The van der Waals surface area contributed by atoms with Crippen molar-refractivity contribution in [3.63, 3.8) is 0 Å². The van der Waals surface area contributed by atoms with E-state index in [-0.39, 0.29) is 29.9 Å². The van der Waals surface area contributed by atoms with E-state index in [2.05, 4.69) is 14.1 Å². The molecule has 0 radical (unpaired) electrons. The Morgan fingerprint density at radius 3 is 2.27 bits per heavy atom. The van der Waals surface area contributed by atoms with Crippen molar-refractivity contribution in [1.82, 2.24) is 0 Å². The van der Waals surface area contributed by atoms with Gasteiger partial charge in [-0.2, -0.15) is 0 Å². The normalized spacial score (nSPS) is 17.3. The monoisotopic (exact) mass is 270 g/mol. The lowest BCUT2D eigenvalue weighted by atomic mass is 10.4. The highest BCUT2D eigenvalue weighted by atomic mass is 127. The molecule has 0 unspecified atom stereocenters. The highest BCUT2D eigenvalue weighted by molar-refractivity contribution is 5.74. The van der Waals surface area contributed by atoms with Crippen LogP contribution in [0.1, 0.15) is 12.8 Å². The van der Waals surface area contributed by atoms with Crippen LogP contribution in [-0.2, 0) is 4.79 Å². The van der Waals surface area contributed by atoms with Gasteiger partial charge in [-0.1, -0.05) is 0 Å². The van der Waals surface area contributed by atoms with Crippen LogP contribution in [0.2, 0.25) is 0 Å². The highest BCUT2D eigenvalue weighted by Gasteiger charge is 2.38.